The average Bonchev–Trinajstić information content (AvgIpc) is 3.25. The van der Waals surface area contributed by atoms with Crippen molar-refractivity contribution in [2.24, 2.45) is 0 Å². The normalized spacial score (nSPS) is 16.2. The second-order valence-electron chi connectivity index (χ2n) is 8.34. The molecule has 1 amide bonds. The van der Waals surface area contributed by atoms with Crippen molar-refractivity contribution < 1.29 is 18.7 Å². The third-order valence-electron chi connectivity index (χ3n) is 5.95. The molecule has 0 unspecified atom stereocenters. The number of halogens is 1. The lowest BCUT2D eigenvalue weighted by Gasteiger charge is -2.33. The number of nitrogens with one attached hydrogen (secondary N) is 2. The van der Waals surface area contributed by atoms with Gasteiger partial charge in [0, 0.05) is 43.0 Å². The van der Waals surface area contributed by atoms with Crippen LogP contribution in [0.3, 0.4) is 0 Å². The van der Waals surface area contributed by atoms with Gasteiger partial charge in [0.1, 0.15) is 5.58 Å². The third-order valence-corrected chi connectivity index (χ3v) is 6.18. The first-order chi connectivity index (χ1) is 16.0. The van der Waals surface area contributed by atoms with E-state index in [1.165, 1.54) is 12.5 Å². The number of hydrogen-bond acceptors (Lipinski definition) is 7. The Morgan fingerprint density at radius 3 is 2.67 bits per heavy atom. The van der Waals surface area contributed by atoms with E-state index in [9.17, 15) is 9.59 Å². The summed E-state index contributed by atoms with van der Waals surface area (Å²) < 4.78 is 16.3. The summed E-state index contributed by atoms with van der Waals surface area (Å²) in [5, 5.41) is 7.29. The number of piperidine rings is 1. The molecular weight excluding hydrogens is 446 g/mol. The van der Waals surface area contributed by atoms with E-state index in [2.05, 4.69) is 21.6 Å². The van der Waals surface area contributed by atoms with Gasteiger partial charge in [0.2, 0.25) is 12.7 Å². The first-order valence-electron chi connectivity index (χ1n) is 10.9. The molecule has 1 fully saturated rings. The molecule has 3 aromatic rings. The zero-order chi connectivity index (χ0) is 22.9. The van der Waals surface area contributed by atoms with Gasteiger partial charge in [-0.05, 0) is 48.7 Å². The molecule has 0 bridgehead atoms. The molecule has 3 heterocycles. The lowest BCUT2D eigenvalue weighted by Crippen LogP contribution is -2.39. The Labute approximate surface area is 195 Å². The van der Waals surface area contributed by atoms with Crippen LogP contribution in [0.4, 0.5) is 11.4 Å². The van der Waals surface area contributed by atoms with E-state index in [-0.39, 0.29) is 24.4 Å². The summed E-state index contributed by atoms with van der Waals surface area (Å²) in [4.78, 5) is 26.7. The molecule has 5 rings (SSSR count). The number of nitrogens with zero attached hydrogens (tertiary/aromatic N) is 1. The first kappa shape index (κ1) is 21.6. The Morgan fingerprint density at radius 2 is 1.88 bits per heavy atom. The molecule has 2 aliphatic rings. The highest BCUT2D eigenvalue weighted by atomic mass is 35.5. The lowest BCUT2D eigenvalue weighted by molar-refractivity contribution is -0.114. The van der Waals surface area contributed by atoms with Crippen LogP contribution >= 0.6 is 11.6 Å². The summed E-state index contributed by atoms with van der Waals surface area (Å²) in [6.07, 6.45) is 1.76. The third kappa shape index (κ3) is 4.62. The molecule has 1 saturated heterocycles. The number of carbonyl (C=O) groups is 1. The van der Waals surface area contributed by atoms with Gasteiger partial charge in [0.15, 0.2) is 17.2 Å². The van der Waals surface area contributed by atoms with Crippen LogP contribution < -0.4 is 25.7 Å². The molecular formula is C24H24ClN3O5. The van der Waals surface area contributed by atoms with Crippen molar-refractivity contribution in [1.29, 1.82) is 0 Å². The first-order valence-corrected chi connectivity index (χ1v) is 11.3. The van der Waals surface area contributed by atoms with Crippen LogP contribution in [0.2, 0.25) is 5.02 Å². The van der Waals surface area contributed by atoms with Crippen LogP contribution in [0.5, 0.6) is 11.5 Å². The molecule has 172 valence electrons. The van der Waals surface area contributed by atoms with Gasteiger partial charge in [-0.3, -0.25) is 9.69 Å². The number of amides is 1. The monoisotopic (exact) mass is 469 g/mol. The predicted molar refractivity (Wildman–Crippen MR) is 126 cm³/mol. The predicted octanol–water partition coefficient (Wildman–Crippen LogP) is 4.21. The summed E-state index contributed by atoms with van der Waals surface area (Å²) in [6, 6.07) is 11.3. The van der Waals surface area contributed by atoms with Gasteiger partial charge in [0.05, 0.1) is 5.69 Å². The maximum absolute atomic E-state index is 12.6. The van der Waals surface area contributed by atoms with E-state index >= 15 is 0 Å². The van der Waals surface area contributed by atoms with Crippen molar-refractivity contribution in [3.63, 3.8) is 0 Å². The number of rotatable bonds is 5. The van der Waals surface area contributed by atoms with Crippen LogP contribution in [0.25, 0.3) is 11.0 Å². The molecule has 0 saturated carbocycles. The Kier molecular flexibility index (Phi) is 5.86. The summed E-state index contributed by atoms with van der Waals surface area (Å²) in [7, 11) is 0. The van der Waals surface area contributed by atoms with Crippen molar-refractivity contribution in [3.8, 4) is 11.5 Å². The van der Waals surface area contributed by atoms with Crippen LogP contribution in [0.1, 0.15) is 25.3 Å². The Bertz CT molecular complexity index is 1270. The number of anilines is 2. The summed E-state index contributed by atoms with van der Waals surface area (Å²) in [5.41, 5.74) is 1.66. The number of likely N-dealkylation sites (tertiary alicyclic amines) is 1. The van der Waals surface area contributed by atoms with Gasteiger partial charge in [-0.15, -0.1) is 0 Å². The van der Waals surface area contributed by atoms with Gasteiger partial charge in [-0.2, -0.15) is 0 Å². The summed E-state index contributed by atoms with van der Waals surface area (Å²) >= 11 is 6.20. The number of fused-ring (bicyclic) bond motifs is 2. The molecule has 0 aliphatic carbocycles. The van der Waals surface area contributed by atoms with Gasteiger partial charge in [-0.25, -0.2) is 4.79 Å². The molecule has 0 spiro atoms. The fourth-order valence-electron chi connectivity index (χ4n) is 4.35. The maximum Gasteiger partial charge on any atom is 0.362 e. The van der Waals surface area contributed by atoms with Crippen LogP contribution in [-0.4, -0.2) is 36.7 Å². The van der Waals surface area contributed by atoms with E-state index in [1.807, 2.05) is 12.1 Å². The minimum atomic E-state index is -0.595. The van der Waals surface area contributed by atoms with E-state index in [0.717, 1.165) is 44.0 Å². The Morgan fingerprint density at radius 1 is 1.09 bits per heavy atom. The molecule has 33 heavy (non-hydrogen) atoms. The van der Waals surface area contributed by atoms with E-state index in [0.29, 0.717) is 21.7 Å². The summed E-state index contributed by atoms with van der Waals surface area (Å²) in [5.74, 6) is 1.24. The number of ether oxygens (including phenoxy) is 2. The summed E-state index contributed by atoms with van der Waals surface area (Å²) in [6.45, 7) is 4.24. The van der Waals surface area contributed by atoms with Gasteiger partial charge >= 0.3 is 5.63 Å². The highest BCUT2D eigenvalue weighted by Gasteiger charge is 2.24. The quantitative estimate of drug-likeness (QED) is 0.540. The Hall–Kier alpha value is -3.23. The molecule has 8 nitrogen and oxygen atoms in total. The largest absolute Gasteiger partial charge is 0.454 e. The fourth-order valence-corrected chi connectivity index (χ4v) is 4.52. The standard InChI is InChI=1S/C24H24ClN3O5/c1-14(29)26-23-22(18-11-16(25)3-5-19(18)33-24(23)30)27-17-6-8-28(9-7-17)12-15-2-4-20-21(10-15)32-13-31-20/h2-5,10-11,17,27H,6-9,12-13H2,1H3,(H,26,29). The van der Waals surface area contributed by atoms with Gasteiger partial charge < -0.3 is 24.5 Å². The second-order valence-corrected chi connectivity index (χ2v) is 8.78. The van der Waals surface area contributed by atoms with Gasteiger partial charge in [-0.1, -0.05) is 17.7 Å². The maximum atomic E-state index is 12.6. The number of hydrogen-bond donors (Lipinski definition) is 2. The second kappa shape index (κ2) is 8.96. The van der Waals surface area contributed by atoms with Crippen LogP contribution in [-0.2, 0) is 11.3 Å². The van der Waals surface area contributed by atoms with Crippen LogP contribution in [0, 0.1) is 0 Å². The Balaban J connectivity index is 1.32. The van der Waals surface area contributed by atoms with E-state index in [4.69, 9.17) is 25.5 Å². The fraction of sp³-hybridized carbons (Fsp3) is 0.333. The van der Waals surface area contributed by atoms with Crippen LogP contribution in [0.15, 0.2) is 45.6 Å². The smallest absolute Gasteiger partial charge is 0.362 e. The van der Waals surface area contributed by atoms with Crippen molar-refractivity contribution >= 4 is 39.9 Å². The lowest BCUT2D eigenvalue weighted by atomic mass is 10.0. The topological polar surface area (TPSA) is 93.0 Å². The zero-order valence-electron chi connectivity index (χ0n) is 18.2. The van der Waals surface area contributed by atoms with E-state index < -0.39 is 5.63 Å². The zero-order valence-corrected chi connectivity index (χ0v) is 18.9. The number of carbonyl (C=O) groups excluding carboxylic acids is 1. The minimum absolute atomic E-state index is 0.111. The van der Waals surface area contributed by atoms with Crippen molar-refractivity contribution in [2.75, 3.05) is 30.5 Å². The molecule has 1 aromatic heterocycles. The minimum Gasteiger partial charge on any atom is -0.454 e. The van der Waals surface area contributed by atoms with Gasteiger partial charge in [0.25, 0.3) is 0 Å². The molecule has 0 atom stereocenters. The molecule has 2 aromatic carbocycles. The van der Waals surface area contributed by atoms with Crippen molar-refractivity contribution in [1.82, 2.24) is 4.90 Å². The highest BCUT2D eigenvalue weighted by molar-refractivity contribution is 6.31. The molecule has 2 N–H and O–H groups in total. The SMILES string of the molecule is CC(=O)Nc1c(NC2CCN(Cc3ccc4c(c3)OCO4)CC2)c2cc(Cl)ccc2oc1=O. The highest BCUT2D eigenvalue weighted by Crippen LogP contribution is 2.34. The van der Waals surface area contributed by atoms with Crippen molar-refractivity contribution in [3.05, 3.63) is 57.4 Å². The van der Waals surface area contributed by atoms with E-state index in [1.54, 1.807) is 18.2 Å². The average molecular weight is 470 g/mol. The van der Waals surface area contributed by atoms with Crippen molar-refractivity contribution in [2.45, 2.75) is 32.4 Å². The number of benzene rings is 2. The molecule has 2 aliphatic heterocycles. The molecule has 9 heteroatoms. The molecule has 0 radical (unpaired) electrons.